The minimum Gasteiger partial charge on any atom is -0.465 e. The Balaban J connectivity index is 3.65. The molecule has 0 aromatic rings. The van der Waals surface area contributed by atoms with E-state index in [1.54, 1.807) is 0 Å². The molecule has 72 valence electrons. The van der Waals surface area contributed by atoms with E-state index in [1.807, 2.05) is 0 Å². The van der Waals surface area contributed by atoms with Crippen LogP contribution in [-0.4, -0.2) is 27.4 Å². The van der Waals surface area contributed by atoms with Crippen molar-refractivity contribution >= 4 is 66.4 Å². The van der Waals surface area contributed by atoms with Crippen molar-refractivity contribution in [1.82, 2.24) is 0 Å². The van der Waals surface area contributed by atoms with Gasteiger partial charge in [0.25, 0.3) is 0 Å². The van der Waals surface area contributed by atoms with E-state index < -0.39 is 0 Å². The largest absolute Gasteiger partial charge is 0.465 e. The SMILES string of the molecule is O=C(CS)OCC(CBr)C(Br)Br. The maximum Gasteiger partial charge on any atom is 0.315 e. The number of esters is 1. The van der Waals surface area contributed by atoms with Gasteiger partial charge in [-0.05, 0) is 0 Å². The predicted molar refractivity (Wildman–Crippen MR) is 63.7 cm³/mol. The molecule has 12 heavy (non-hydrogen) atoms. The van der Waals surface area contributed by atoms with Crippen LogP contribution in [0.2, 0.25) is 0 Å². The molecule has 0 N–H and O–H groups in total. The van der Waals surface area contributed by atoms with Crippen molar-refractivity contribution in [3.63, 3.8) is 0 Å². The highest BCUT2D eigenvalue weighted by Crippen LogP contribution is 2.21. The Bertz CT molecular complexity index is 143. The Labute approximate surface area is 103 Å². The van der Waals surface area contributed by atoms with Gasteiger partial charge in [0.2, 0.25) is 0 Å². The summed E-state index contributed by atoms with van der Waals surface area (Å²) in [6.07, 6.45) is 0. The van der Waals surface area contributed by atoms with E-state index in [0.717, 1.165) is 5.33 Å². The molecule has 0 bridgehead atoms. The van der Waals surface area contributed by atoms with Gasteiger partial charge in [-0.25, -0.2) is 0 Å². The highest BCUT2D eigenvalue weighted by molar-refractivity contribution is 9.24. The van der Waals surface area contributed by atoms with Crippen LogP contribution in [0.15, 0.2) is 0 Å². The highest BCUT2D eigenvalue weighted by Gasteiger charge is 2.16. The van der Waals surface area contributed by atoms with E-state index in [-0.39, 0.29) is 21.4 Å². The molecule has 0 spiro atoms. The fraction of sp³-hybridized carbons (Fsp3) is 0.833. The minimum atomic E-state index is -0.287. The molecule has 1 atom stereocenters. The average Bonchev–Trinajstić information content (AvgIpc) is 2.04. The third-order valence-corrected chi connectivity index (χ3v) is 3.73. The first-order valence-electron chi connectivity index (χ1n) is 3.22. The van der Waals surface area contributed by atoms with Crippen LogP contribution in [0.1, 0.15) is 0 Å². The Morgan fingerprint density at radius 1 is 1.50 bits per heavy atom. The molecule has 6 heteroatoms. The first-order chi connectivity index (χ1) is 5.61. The number of hydrogen-bond donors (Lipinski definition) is 1. The fourth-order valence-corrected chi connectivity index (χ4v) is 2.76. The number of ether oxygens (including phenoxy) is 1. The molecule has 0 aliphatic rings. The van der Waals surface area contributed by atoms with E-state index in [1.165, 1.54) is 0 Å². The summed E-state index contributed by atoms with van der Waals surface area (Å²) in [5.41, 5.74) is 0. The van der Waals surface area contributed by atoms with Gasteiger partial charge in [-0.1, -0.05) is 47.8 Å². The van der Waals surface area contributed by atoms with Gasteiger partial charge in [0.05, 0.1) is 16.1 Å². The zero-order chi connectivity index (χ0) is 9.56. The maximum atomic E-state index is 10.7. The number of rotatable bonds is 5. The predicted octanol–water partition coefficient (Wildman–Crippen LogP) is 2.59. The topological polar surface area (TPSA) is 26.3 Å². The molecule has 0 amide bonds. The van der Waals surface area contributed by atoms with Crippen LogP contribution in [0.3, 0.4) is 0 Å². The van der Waals surface area contributed by atoms with Gasteiger partial charge in [-0.2, -0.15) is 12.6 Å². The van der Waals surface area contributed by atoms with Crippen molar-refractivity contribution in [2.75, 3.05) is 17.7 Å². The summed E-state index contributed by atoms with van der Waals surface area (Å²) in [5, 5.41) is 0.772. The molecule has 0 aliphatic carbocycles. The summed E-state index contributed by atoms with van der Waals surface area (Å²) in [6, 6.07) is 0. The third kappa shape index (κ3) is 5.83. The second kappa shape index (κ2) is 7.64. The van der Waals surface area contributed by atoms with E-state index in [4.69, 9.17) is 4.74 Å². The number of alkyl halides is 3. The lowest BCUT2D eigenvalue weighted by atomic mass is 10.2. The minimum absolute atomic E-state index is 0.129. The first-order valence-corrected chi connectivity index (χ1v) is 6.81. The normalized spacial score (nSPS) is 13.1. The van der Waals surface area contributed by atoms with Crippen molar-refractivity contribution < 1.29 is 9.53 Å². The Hall–Kier alpha value is 1.26. The third-order valence-electron chi connectivity index (χ3n) is 1.14. The molecule has 0 aliphatic heterocycles. The van der Waals surface area contributed by atoms with Gasteiger partial charge in [0, 0.05) is 11.2 Å². The standard InChI is InChI=1S/C6H9Br3O2S/c7-1-4(6(8)9)2-11-5(10)3-12/h4,6,12H,1-3H2. The van der Waals surface area contributed by atoms with Crippen molar-refractivity contribution in [3.8, 4) is 0 Å². The van der Waals surface area contributed by atoms with Gasteiger partial charge >= 0.3 is 5.97 Å². The summed E-state index contributed by atoms with van der Waals surface area (Å²) >= 11 is 13.8. The quantitative estimate of drug-likeness (QED) is 0.448. The number of carbonyl (C=O) groups is 1. The first kappa shape index (κ1) is 13.3. The van der Waals surface area contributed by atoms with E-state index in [9.17, 15) is 4.79 Å². The summed E-state index contributed by atoms with van der Waals surface area (Å²) < 4.78 is 5.05. The van der Waals surface area contributed by atoms with Gasteiger partial charge in [0.1, 0.15) is 0 Å². The van der Waals surface area contributed by atoms with Crippen LogP contribution in [-0.2, 0) is 9.53 Å². The summed E-state index contributed by atoms with van der Waals surface area (Å²) in [5.74, 6) is 0.0725. The lowest BCUT2D eigenvalue weighted by Crippen LogP contribution is -2.20. The van der Waals surface area contributed by atoms with Gasteiger partial charge in [-0.3, -0.25) is 4.79 Å². The molecule has 0 aromatic heterocycles. The maximum absolute atomic E-state index is 10.7. The lowest BCUT2D eigenvalue weighted by Gasteiger charge is -2.14. The van der Waals surface area contributed by atoms with Gasteiger partial charge in [-0.15, -0.1) is 0 Å². The van der Waals surface area contributed by atoms with Gasteiger partial charge in [0.15, 0.2) is 0 Å². The summed E-state index contributed by atoms with van der Waals surface area (Å²) in [7, 11) is 0. The van der Waals surface area contributed by atoms with Crippen molar-refractivity contribution in [1.29, 1.82) is 0 Å². The Kier molecular flexibility index (Phi) is 8.45. The molecular formula is C6H9Br3O2S. The van der Waals surface area contributed by atoms with Crippen molar-refractivity contribution in [2.24, 2.45) is 5.92 Å². The van der Waals surface area contributed by atoms with Crippen molar-refractivity contribution in [2.45, 2.75) is 3.74 Å². The van der Waals surface area contributed by atoms with Crippen LogP contribution in [0.25, 0.3) is 0 Å². The van der Waals surface area contributed by atoms with E-state index in [2.05, 4.69) is 60.4 Å². The average molecular weight is 385 g/mol. The van der Waals surface area contributed by atoms with Crippen LogP contribution < -0.4 is 0 Å². The Morgan fingerprint density at radius 2 is 2.08 bits per heavy atom. The van der Waals surface area contributed by atoms with Gasteiger partial charge < -0.3 is 4.74 Å². The lowest BCUT2D eigenvalue weighted by molar-refractivity contribution is -0.141. The molecular weight excluding hydrogens is 376 g/mol. The molecule has 2 nitrogen and oxygen atoms in total. The van der Waals surface area contributed by atoms with Crippen LogP contribution in [0, 0.1) is 5.92 Å². The molecule has 0 saturated heterocycles. The fourth-order valence-electron chi connectivity index (χ4n) is 0.430. The Morgan fingerprint density at radius 3 is 2.42 bits per heavy atom. The van der Waals surface area contributed by atoms with E-state index >= 15 is 0 Å². The number of hydrogen-bond acceptors (Lipinski definition) is 3. The molecule has 0 saturated carbocycles. The second-order valence-electron chi connectivity index (χ2n) is 2.09. The smallest absolute Gasteiger partial charge is 0.315 e. The molecule has 0 rings (SSSR count). The molecule has 0 heterocycles. The number of thiol groups is 1. The van der Waals surface area contributed by atoms with Crippen LogP contribution >= 0.6 is 60.4 Å². The highest BCUT2D eigenvalue weighted by atomic mass is 79.9. The zero-order valence-electron chi connectivity index (χ0n) is 6.17. The summed E-state index contributed by atoms with van der Waals surface area (Å²) in [6.45, 7) is 0.395. The molecule has 1 unspecified atom stereocenters. The molecule has 0 fully saturated rings. The van der Waals surface area contributed by atoms with Crippen LogP contribution in [0.5, 0.6) is 0 Å². The number of halogens is 3. The van der Waals surface area contributed by atoms with E-state index in [0.29, 0.717) is 6.61 Å². The second-order valence-corrected chi connectivity index (χ2v) is 6.26. The van der Waals surface area contributed by atoms with Crippen LogP contribution in [0.4, 0.5) is 0 Å². The monoisotopic (exact) mass is 382 g/mol. The summed E-state index contributed by atoms with van der Waals surface area (Å²) in [4.78, 5) is 10.7. The molecule has 0 aromatic carbocycles. The van der Waals surface area contributed by atoms with Crippen molar-refractivity contribution in [3.05, 3.63) is 0 Å². The molecule has 0 radical (unpaired) electrons. The zero-order valence-corrected chi connectivity index (χ0v) is 11.8. The number of carbonyl (C=O) groups excluding carboxylic acids is 1.